The molecule has 1 atom stereocenters. The van der Waals surface area contributed by atoms with Gasteiger partial charge in [0.2, 0.25) is 0 Å². The zero-order chi connectivity index (χ0) is 16.7. The van der Waals surface area contributed by atoms with E-state index in [9.17, 15) is 4.79 Å². The van der Waals surface area contributed by atoms with Gasteiger partial charge in [0.15, 0.2) is 0 Å². The summed E-state index contributed by atoms with van der Waals surface area (Å²) in [4.78, 5) is 12.2. The van der Waals surface area contributed by atoms with Gasteiger partial charge in [0.1, 0.15) is 5.75 Å². The first-order valence-corrected chi connectivity index (χ1v) is 7.87. The van der Waals surface area contributed by atoms with E-state index in [0.29, 0.717) is 6.54 Å². The summed E-state index contributed by atoms with van der Waals surface area (Å²) in [5.74, 6) is 0.776. The van der Waals surface area contributed by atoms with Gasteiger partial charge in [0.25, 0.3) is 0 Å². The number of rotatable bonds is 6. The summed E-state index contributed by atoms with van der Waals surface area (Å²) in [6.45, 7) is 4.54. The Hall–Kier alpha value is -2.49. The Balaban J connectivity index is 1.94. The Morgan fingerprint density at radius 2 is 1.83 bits per heavy atom. The van der Waals surface area contributed by atoms with Crippen LogP contribution in [-0.4, -0.2) is 13.1 Å². The molecule has 2 rings (SSSR count). The minimum absolute atomic E-state index is 0.00766. The van der Waals surface area contributed by atoms with Crippen molar-refractivity contribution in [1.29, 1.82) is 0 Å². The molecule has 4 heteroatoms. The number of para-hydroxylation sites is 1. The van der Waals surface area contributed by atoms with Crippen LogP contribution >= 0.6 is 0 Å². The number of carbonyl (C=O) groups is 1. The van der Waals surface area contributed by atoms with Crippen LogP contribution in [-0.2, 0) is 6.54 Å². The number of ether oxygens (including phenoxy) is 1. The summed E-state index contributed by atoms with van der Waals surface area (Å²) in [7, 11) is 1.63. The third-order valence-corrected chi connectivity index (χ3v) is 3.83. The molecule has 0 saturated heterocycles. The highest BCUT2D eigenvalue weighted by atomic mass is 16.5. The number of aryl methyl sites for hydroxylation is 1. The van der Waals surface area contributed by atoms with Crippen LogP contribution in [0, 0.1) is 6.92 Å². The van der Waals surface area contributed by atoms with E-state index in [2.05, 4.69) is 48.7 Å². The summed E-state index contributed by atoms with van der Waals surface area (Å²) in [6.07, 6.45) is 0.838. The first kappa shape index (κ1) is 16.9. The van der Waals surface area contributed by atoms with Crippen molar-refractivity contribution in [3.05, 3.63) is 65.2 Å². The van der Waals surface area contributed by atoms with Gasteiger partial charge in [0.05, 0.1) is 13.2 Å². The van der Waals surface area contributed by atoms with E-state index in [1.807, 2.05) is 24.3 Å². The number of urea groups is 1. The summed E-state index contributed by atoms with van der Waals surface area (Å²) in [6, 6.07) is 15.7. The number of benzene rings is 2. The lowest BCUT2D eigenvalue weighted by Gasteiger charge is -2.18. The minimum Gasteiger partial charge on any atom is -0.496 e. The Labute approximate surface area is 137 Å². The first-order chi connectivity index (χ1) is 11.1. The fourth-order valence-electron chi connectivity index (χ4n) is 2.45. The van der Waals surface area contributed by atoms with E-state index in [-0.39, 0.29) is 12.1 Å². The molecule has 122 valence electrons. The van der Waals surface area contributed by atoms with Crippen LogP contribution < -0.4 is 15.4 Å². The maximum atomic E-state index is 12.2. The Morgan fingerprint density at radius 3 is 2.48 bits per heavy atom. The monoisotopic (exact) mass is 312 g/mol. The molecule has 0 radical (unpaired) electrons. The van der Waals surface area contributed by atoms with Crippen LogP contribution in [0.5, 0.6) is 5.75 Å². The van der Waals surface area contributed by atoms with Gasteiger partial charge in [-0.2, -0.15) is 0 Å². The third-order valence-electron chi connectivity index (χ3n) is 3.83. The van der Waals surface area contributed by atoms with Crippen molar-refractivity contribution in [2.24, 2.45) is 0 Å². The molecule has 2 aromatic rings. The van der Waals surface area contributed by atoms with E-state index in [1.165, 1.54) is 5.56 Å². The molecule has 0 saturated carbocycles. The van der Waals surface area contributed by atoms with Crippen molar-refractivity contribution in [2.75, 3.05) is 7.11 Å². The Morgan fingerprint density at radius 1 is 1.13 bits per heavy atom. The van der Waals surface area contributed by atoms with Crippen molar-refractivity contribution in [1.82, 2.24) is 10.6 Å². The summed E-state index contributed by atoms with van der Waals surface area (Å²) in [5, 5.41) is 5.91. The molecule has 0 aromatic heterocycles. The first-order valence-electron chi connectivity index (χ1n) is 7.87. The fraction of sp³-hybridized carbons (Fsp3) is 0.316. The van der Waals surface area contributed by atoms with Crippen molar-refractivity contribution in [2.45, 2.75) is 32.9 Å². The average molecular weight is 312 g/mol. The lowest BCUT2D eigenvalue weighted by Crippen LogP contribution is -2.37. The smallest absolute Gasteiger partial charge is 0.315 e. The standard InChI is InChI=1S/C19H24N2O2/c1-4-17(15-11-9-14(2)10-12-15)21-19(22)20-13-16-7-5-6-8-18(16)23-3/h5-12,17H,4,13H2,1-3H3,(H2,20,21,22). The molecule has 0 spiro atoms. The molecule has 4 nitrogen and oxygen atoms in total. The summed E-state index contributed by atoms with van der Waals surface area (Å²) in [5.41, 5.74) is 3.28. The van der Waals surface area contributed by atoms with Gasteiger partial charge >= 0.3 is 6.03 Å². The lowest BCUT2D eigenvalue weighted by atomic mass is 10.0. The topological polar surface area (TPSA) is 50.4 Å². The van der Waals surface area contributed by atoms with Crippen molar-refractivity contribution in [3.63, 3.8) is 0 Å². The number of carbonyl (C=O) groups excluding carboxylic acids is 1. The van der Waals surface area contributed by atoms with Gasteiger partial charge in [0, 0.05) is 12.1 Å². The van der Waals surface area contributed by atoms with Crippen LogP contribution in [0.15, 0.2) is 48.5 Å². The molecule has 2 amide bonds. The molecule has 0 aliphatic carbocycles. The fourth-order valence-corrected chi connectivity index (χ4v) is 2.45. The Kier molecular flexibility index (Phi) is 6.03. The SMILES string of the molecule is CCC(NC(=O)NCc1ccccc1OC)c1ccc(C)cc1. The molecule has 1 unspecified atom stereocenters. The van der Waals surface area contributed by atoms with E-state index in [0.717, 1.165) is 23.3 Å². The van der Waals surface area contributed by atoms with Gasteiger partial charge in [-0.3, -0.25) is 0 Å². The van der Waals surface area contributed by atoms with E-state index in [1.54, 1.807) is 7.11 Å². The minimum atomic E-state index is -0.177. The molecule has 0 aliphatic rings. The van der Waals surface area contributed by atoms with Crippen LogP contribution in [0.25, 0.3) is 0 Å². The summed E-state index contributed by atoms with van der Waals surface area (Å²) >= 11 is 0. The number of nitrogens with one attached hydrogen (secondary N) is 2. The van der Waals surface area contributed by atoms with Crippen LogP contribution in [0.3, 0.4) is 0 Å². The van der Waals surface area contributed by atoms with Gasteiger partial charge in [-0.1, -0.05) is 55.0 Å². The number of hydrogen-bond acceptors (Lipinski definition) is 2. The maximum absolute atomic E-state index is 12.2. The largest absolute Gasteiger partial charge is 0.496 e. The van der Waals surface area contributed by atoms with E-state index < -0.39 is 0 Å². The maximum Gasteiger partial charge on any atom is 0.315 e. The molecule has 0 heterocycles. The van der Waals surface area contributed by atoms with Gasteiger partial charge < -0.3 is 15.4 Å². The Bertz CT molecular complexity index is 638. The highest BCUT2D eigenvalue weighted by molar-refractivity contribution is 5.74. The zero-order valence-corrected chi connectivity index (χ0v) is 13.9. The average Bonchev–Trinajstić information content (AvgIpc) is 2.59. The second-order valence-electron chi connectivity index (χ2n) is 5.51. The molecule has 23 heavy (non-hydrogen) atoms. The van der Waals surface area contributed by atoms with Crippen LogP contribution in [0.4, 0.5) is 4.79 Å². The molecule has 2 aromatic carbocycles. The molecule has 0 bridgehead atoms. The highest BCUT2D eigenvalue weighted by Crippen LogP contribution is 2.18. The second kappa shape index (κ2) is 8.22. The predicted octanol–water partition coefficient (Wildman–Crippen LogP) is 3.95. The van der Waals surface area contributed by atoms with Gasteiger partial charge in [-0.25, -0.2) is 4.79 Å². The lowest BCUT2D eigenvalue weighted by molar-refractivity contribution is 0.236. The number of amides is 2. The summed E-state index contributed by atoms with van der Waals surface area (Å²) < 4.78 is 5.29. The predicted molar refractivity (Wildman–Crippen MR) is 92.6 cm³/mol. The molecule has 0 fully saturated rings. The number of methoxy groups -OCH3 is 1. The number of hydrogen-bond donors (Lipinski definition) is 2. The third kappa shape index (κ3) is 4.74. The highest BCUT2D eigenvalue weighted by Gasteiger charge is 2.12. The normalized spacial score (nSPS) is 11.6. The van der Waals surface area contributed by atoms with Gasteiger partial charge in [-0.15, -0.1) is 0 Å². The zero-order valence-electron chi connectivity index (χ0n) is 13.9. The van der Waals surface area contributed by atoms with Crippen LogP contribution in [0.1, 0.15) is 36.1 Å². The van der Waals surface area contributed by atoms with E-state index >= 15 is 0 Å². The van der Waals surface area contributed by atoms with Crippen molar-refractivity contribution < 1.29 is 9.53 Å². The molecular formula is C19H24N2O2. The quantitative estimate of drug-likeness (QED) is 0.848. The van der Waals surface area contributed by atoms with Crippen molar-refractivity contribution in [3.8, 4) is 5.75 Å². The molecule has 2 N–H and O–H groups in total. The second-order valence-corrected chi connectivity index (χ2v) is 5.51. The molecular weight excluding hydrogens is 288 g/mol. The van der Waals surface area contributed by atoms with Gasteiger partial charge in [-0.05, 0) is 25.0 Å². The van der Waals surface area contributed by atoms with Crippen LogP contribution in [0.2, 0.25) is 0 Å². The van der Waals surface area contributed by atoms with Crippen molar-refractivity contribution >= 4 is 6.03 Å². The van der Waals surface area contributed by atoms with E-state index in [4.69, 9.17) is 4.74 Å². The molecule has 0 aliphatic heterocycles.